The zero-order chi connectivity index (χ0) is 14.6. The van der Waals surface area contributed by atoms with Crippen molar-refractivity contribution >= 4 is 33.5 Å². The largest absolute Gasteiger partial charge is 0.467 e. The maximum Gasteiger partial charge on any atom is 0.328 e. The van der Waals surface area contributed by atoms with E-state index in [-0.39, 0.29) is 11.9 Å². The average Bonchev–Trinajstić information content (AvgIpc) is 2.35. The second-order valence-electron chi connectivity index (χ2n) is 4.45. The summed E-state index contributed by atoms with van der Waals surface area (Å²) >= 11 is 3.34. The van der Waals surface area contributed by atoms with Gasteiger partial charge in [-0.2, -0.15) is 0 Å². The van der Waals surface area contributed by atoms with Gasteiger partial charge in [0.25, 0.3) is 0 Å². The number of primary amides is 1. The molecule has 0 aliphatic heterocycles. The first-order valence-corrected chi connectivity index (χ1v) is 6.59. The SMILES string of the molecule is COC(=O)C(Nc1ccc(C(N)=O)cc1Br)C(C)C. The number of esters is 1. The molecule has 1 atom stereocenters. The molecule has 0 saturated carbocycles. The first-order valence-electron chi connectivity index (χ1n) is 5.80. The van der Waals surface area contributed by atoms with E-state index in [1.807, 2.05) is 13.8 Å². The number of hydrogen-bond donors (Lipinski definition) is 2. The quantitative estimate of drug-likeness (QED) is 0.811. The van der Waals surface area contributed by atoms with Crippen molar-refractivity contribution in [3.8, 4) is 0 Å². The van der Waals surface area contributed by atoms with Crippen LogP contribution in [0.4, 0.5) is 5.69 Å². The van der Waals surface area contributed by atoms with Crippen molar-refractivity contribution in [3.63, 3.8) is 0 Å². The summed E-state index contributed by atoms with van der Waals surface area (Å²) < 4.78 is 5.42. The second-order valence-corrected chi connectivity index (χ2v) is 5.30. The van der Waals surface area contributed by atoms with Crippen LogP contribution in [0, 0.1) is 5.92 Å². The van der Waals surface area contributed by atoms with Crippen LogP contribution in [0.1, 0.15) is 24.2 Å². The Hall–Kier alpha value is -1.56. The highest BCUT2D eigenvalue weighted by molar-refractivity contribution is 9.10. The summed E-state index contributed by atoms with van der Waals surface area (Å²) in [6.45, 7) is 3.83. The summed E-state index contributed by atoms with van der Waals surface area (Å²) in [7, 11) is 1.35. The summed E-state index contributed by atoms with van der Waals surface area (Å²) in [5.74, 6) is -0.767. The third-order valence-corrected chi connectivity index (χ3v) is 3.34. The smallest absolute Gasteiger partial charge is 0.328 e. The molecule has 104 valence electrons. The Labute approximate surface area is 120 Å². The molecule has 0 fully saturated rings. The molecule has 0 radical (unpaired) electrons. The monoisotopic (exact) mass is 328 g/mol. The minimum absolute atomic E-state index is 0.0650. The molecule has 0 aromatic heterocycles. The van der Waals surface area contributed by atoms with E-state index in [1.54, 1.807) is 18.2 Å². The van der Waals surface area contributed by atoms with Crippen molar-refractivity contribution in [2.24, 2.45) is 11.7 Å². The summed E-state index contributed by atoms with van der Waals surface area (Å²) in [5.41, 5.74) is 6.30. The lowest BCUT2D eigenvalue weighted by Crippen LogP contribution is -2.35. The number of anilines is 1. The van der Waals surface area contributed by atoms with Gasteiger partial charge in [0.05, 0.1) is 7.11 Å². The van der Waals surface area contributed by atoms with E-state index in [1.165, 1.54) is 7.11 Å². The lowest BCUT2D eigenvalue weighted by Gasteiger charge is -2.21. The van der Waals surface area contributed by atoms with Crippen molar-refractivity contribution in [1.29, 1.82) is 0 Å². The molecule has 6 heteroatoms. The van der Waals surface area contributed by atoms with E-state index >= 15 is 0 Å². The van der Waals surface area contributed by atoms with Gasteiger partial charge in [-0.05, 0) is 40.0 Å². The number of methoxy groups -OCH3 is 1. The number of rotatable bonds is 5. The Morgan fingerprint density at radius 1 is 1.37 bits per heavy atom. The predicted molar refractivity (Wildman–Crippen MR) is 76.9 cm³/mol. The van der Waals surface area contributed by atoms with Crippen LogP contribution >= 0.6 is 15.9 Å². The topological polar surface area (TPSA) is 81.4 Å². The molecule has 1 aromatic carbocycles. The first kappa shape index (κ1) is 15.5. The number of ether oxygens (including phenoxy) is 1. The molecule has 1 rings (SSSR count). The van der Waals surface area contributed by atoms with Crippen LogP contribution in [0.5, 0.6) is 0 Å². The molecule has 0 bridgehead atoms. The minimum atomic E-state index is -0.499. The van der Waals surface area contributed by atoms with Crippen molar-refractivity contribution in [2.45, 2.75) is 19.9 Å². The molecule has 1 aromatic rings. The fraction of sp³-hybridized carbons (Fsp3) is 0.385. The van der Waals surface area contributed by atoms with Crippen LogP contribution in [-0.4, -0.2) is 25.0 Å². The highest BCUT2D eigenvalue weighted by Crippen LogP contribution is 2.25. The fourth-order valence-electron chi connectivity index (χ4n) is 1.58. The van der Waals surface area contributed by atoms with Crippen LogP contribution in [0.25, 0.3) is 0 Å². The number of carbonyl (C=O) groups is 2. The van der Waals surface area contributed by atoms with Crippen LogP contribution < -0.4 is 11.1 Å². The molecular formula is C13H17BrN2O3. The van der Waals surface area contributed by atoms with Crippen molar-refractivity contribution < 1.29 is 14.3 Å². The summed E-state index contributed by atoms with van der Waals surface area (Å²) in [4.78, 5) is 22.7. The van der Waals surface area contributed by atoms with Crippen molar-refractivity contribution in [2.75, 3.05) is 12.4 Å². The zero-order valence-corrected chi connectivity index (χ0v) is 12.7. The molecule has 1 amide bonds. The van der Waals surface area contributed by atoms with Crippen LogP contribution in [0.15, 0.2) is 22.7 Å². The number of nitrogens with one attached hydrogen (secondary N) is 1. The van der Waals surface area contributed by atoms with Gasteiger partial charge in [-0.25, -0.2) is 4.79 Å². The molecule has 19 heavy (non-hydrogen) atoms. The van der Waals surface area contributed by atoms with Gasteiger partial charge in [0.1, 0.15) is 6.04 Å². The number of carbonyl (C=O) groups excluding carboxylic acids is 2. The maximum atomic E-state index is 11.7. The van der Waals surface area contributed by atoms with Gasteiger partial charge in [-0.15, -0.1) is 0 Å². The van der Waals surface area contributed by atoms with Crippen LogP contribution in [0.3, 0.4) is 0 Å². The average molecular weight is 329 g/mol. The van der Waals surface area contributed by atoms with Gasteiger partial charge >= 0.3 is 5.97 Å². The molecule has 5 nitrogen and oxygen atoms in total. The third kappa shape index (κ3) is 3.96. The van der Waals surface area contributed by atoms with Crippen LogP contribution in [0.2, 0.25) is 0 Å². The number of nitrogens with two attached hydrogens (primary N) is 1. The van der Waals surface area contributed by atoms with Crippen molar-refractivity contribution in [3.05, 3.63) is 28.2 Å². The predicted octanol–water partition coefficient (Wildman–Crippen LogP) is 2.16. The molecule has 0 saturated heterocycles. The minimum Gasteiger partial charge on any atom is -0.467 e. The molecule has 0 aliphatic rings. The lowest BCUT2D eigenvalue weighted by atomic mass is 10.0. The number of amides is 1. The molecule has 3 N–H and O–H groups in total. The molecule has 0 aliphatic carbocycles. The van der Waals surface area contributed by atoms with E-state index in [2.05, 4.69) is 21.2 Å². The van der Waals surface area contributed by atoms with Crippen molar-refractivity contribution in [1.82, 2.24) is 0 Å². The van der Waals surface area contributed by atoms with E-state index in [4.69, 9.17) is 10.5 Å². The van der Waals surface area contributed by atoms with Gasteiger partial charge in [0, 0.05) is 15.7 Å². The molecular weight excluding hydrogens is 312 g/mol. The summed E-state index contributed by atoms with van der Waals surface area (Å²) in [5, 5.41) is 3.09. The summed E-state index contributed by atoms with van der Waals surface area (Å²) in [6.07, 6.45) is 0. The number of benzene rings is 1. The van der Waals surface area contributed by atoms with Gasteiger partial charge in [-0.3, -0.25) is 4.79 Å². The Morgan fingerprint density at radius 2 is 2.00 bits per heavy atom. The van der Waals surface area contributed by atoms with Gasteiger partial charge in [0.15, 0.2) is 0 Å². The van der Waals surface area contributed by atoms with E-state index < -0.39 is 11.9 Å². The molecule has 1 unspecified atom stereocenters. The Bertz CT molecular complexity index is 489. The van der Waals surface area contributed by atoms with Gasteiger partial charge < -0.3 is 15.8 Å². The highest BCUT2D eigenvalue weighted by Gasteiger charge is 2.23. The van der Waals surface area contributed by atoms with E-state index in [0.717, 1.165) is 0 Å². The Balaban J connectivity index is 2.97. The van der Waals surface area contributed by atoms with E-state index in [0.29, 0.717) is 15.7 Å². The second kappa shape index (κ2) is 6.56. The normalized spacial score (nSPS) is 12.1. The van der Waals surface area contributed by atoms with Crippen LogP contribution in [-0.2, 0) is 9.53 Å². The molecule has 0 heterocycles. The maximum absolute atomic E-state index is 11.7. The van der Waals surface area contributed by atoms with E-state index in [9.17, 15) is 9.59 Å². The Kier molecular flexibility index (Phi) is 5.35. The van der Waals surface area contributed by atoms with Gasteiger partial charge in [-0.1, -0.05) is 13.8 Å². The summed E-state index contributed by atoms with van der Waals surface area (Å²) in [6, 6.07) is 4.45. The first-order chi connectivity index (χ1) is 8.86. The number of hydrogen-bond acceptors (Lipinski definition) is 4. The zero-order valence-electron chi connectivity index (χ0n) is 11.1. The highest BCUT2D eigenvalue weighted by atomic mass is 79.9. The fourth-order valence-corrected chi connectivity index (χ4v) is 2.07. The number of halogens is 1. The van der Waals surface area contributed by atoms with Gasteiger partial charge in [0.2, 0.25) is 5.91 Å². The lowest BCUT2D eigenvalue weighted by molar-refractivity contribution is -0.142. The third-order valence-electron chi connectivity index (χ3n) is 2.69. The Morgan fingerprint density at radius 3 is 2.42 bits per heavy atom. The standard InChI is InChI=1S/C13H17BrN2O3/c1-7(2)11(13(18)19-3)16-10-5-4-8(12(15)17)6-9(10)14/h4-7,11,16H,1-3H3,(H2,15,17). The molecule has 0 spiro atoms.